The van der Waals surface area contributed by atoms with Crippen LogP contribution in [0.5, 0.6) is 0 Å². The number of carbonyl (C=O) groups excluding carboxylic acids is 4. The molecule has 0 heterocycles. The molecule has 53 heavy (non-hydrogen) atoms. The molecule has 2 atom stereocenters. The number of nitrogens with one attached hydrogen (secondary N) is 3. The number of anilines is 2. The Balaban J connectivity index is 0.000000972. The fourth-order valence-corrected chi connectivity index (χ4v) is 5.35. The van der Waals surface area contributed by atoms with Gasteiger partial charge in [0.25, 0.3) is 16.7 Å². The number of hydrogen-bond donors (Lipinski definition) is 5. The minimum Gasteiger partial charge on any atom is -0.483 e. The second-order valence-electron chi connectivity index (χ2n) is 12.5. The van der Waals surface area contributed by atoms with Crippen molar-refractivity contribution in [2.24, 2.45) is 17.6 Å². The first-order valence-electron chi connectivity index (χ1n) is 16.8. The molecule has 0 aliphatic heterocycles. The van der Waals surface area contributed by atoms with Crippen LogP contribution in [0.1, 0.15) is 66.2 Å². The van der Waals surface area contributed by atoms with Crippen molar-refractivity contribution in [3.8, 4) is 0 Å². The minimum atomic E-state index is -3.52. The summed E-state index contributed by atoms with van der Waals surface area (Å²) in [6, 6.07) is 14.1. The molecule has 0 bridgehead atoms. The first-order valence-corrected chi connectivity index (χ1v) is 19.8. The van der Waals surface area contributed by atoms with E-state index in [1.165, 1.54) is 14.1 Å². The van der Waals surface area contributed by atoms with Crippen LogP contribution in [-0.4, -0.2) is 87.4 Å². The summed E-state index contributed by atoms with van der Waals surface area (Å²) in [5, 5.41) is 12.1. The van der Waals surface area contributed by atoms with E-state index < -0.39 is 34.6 Å². The molecule has 298 valence electrons. The number of rotatable bonds is 19. The number of carboxylic acid groups (broad SMARTS) is 1. The monoisotopic (exact) mass is 893 g/mol. The van der Waals surface area contributed by atoms with E-state index in [1.54, 1.807) is 36.4 Å². The minimum absolute atomic E-state index is 0.0786. The Kier molecular flexibility index (Phi) is 25.5. The van der Waals surface area contributed by atoms with Crippen LogP contribution < -0.4 is 21.1 Å². The largest absolute Gasteiger partial charge is 0.483 e. The third kappa shape index (κ3) is 23.8. The van der Waals surface area contributed by atoms with Gasteiger partial charge in [0.15, 0.2) is 23.8 Å². The van der Waals surface area contributed by atoms with Gasteiger partial charge >= 0.3 is 12.2 Å². The second-order valence-corrected chi connectivity index (χ2v) is 16.3. The first kappa shape index (κ1) is 49.6. The van der Waals surface area contributed by atoms with Crippen LogP contribution in [0.2, 0.25) is 0 Å². The summed E-state index contributed by atoms with van der Waals surface area (Å²) < 4.78 is 39.2. The van der Waals surface area contributed by atoms with Gasteiger partial charge < -0.3 is 20.3 Å². The summed E-state index contributed by atoms with van der Waals surface area (Å²) in [6.07, 6.45) is -0.638. The molecule has 2 amide bonds. The van der Waals surface area contributed by atoms with Crippen molar-refractivity contribution >= 4 is 83.7 Å². The van der Waals surface area contributed by atoms with Gasteiger partial charge in [0, 0.05) is 53.8 Å². The number of amides is 2. The van der Waals surface area contributed by atoms with E-state index in [0.717, 1.165) is 13.3 Å². The van der Waals surface area contributed by atoms with E-state index >= 15 is 0 Å². The summed E-state index contributed by atoms with van der Waals surface area (Å²) in [6.45, 7) is 8.17. The molecular weight excluding hydrogens is 842 g/mol. The van der Waals surface area contributed by atoms with Crippen molar-refractivity contribution in [2.45, 2.75) is 78.4 Å². The average Bonchev–Trinajstić information content (AvgIpc) is 3.07. The van der Waals surface area contributed by atoms with Crippen molar-refractivity contribution in [1.29, 1.82) is 0 Å². The van der Waals surface area contributed by atoms with E-state index in [2.05, 4.69) is 47.2 Å². The first-order chi connectivity index (χ1) is 24.8. The number of ether oxygens (including phenoxy) is 2. The zero-order chi connectivity index (χ0) is 40.6. The summed E-state index contributed by atoms with van der Waals surface area (Å²) >= 11 is 6.64. The molecule has 0 aliphatic rings. The molecule has 0 saturated carbocycles. The Hall–Kier alpha value is -3.42. The number of nitrogens with zero attached hydrogens (tertiary/aromatic N) is 1. The smallest absolute Gasteiger partial charge is 0.412 e. The number of hydrogen-bond acceptors (Lipinski definition) is 10. The van der Waals surface area contributed by atoms with Crippen LogP contribution in [0, 0.1) is 11.8 Å². The topological polar surface area (TPSA) is 224 Å². The van der Waals surface area contributed by atoms with Gasteiger partial charge in [-0.15, -0.1) is 0 Å². The van der Waals surface area contributed by atoms with Crippen molar-refractivity contribution in [3.63, 3.8) is 0 Å². The van der Waals surface area contributed by atoms with E-state index in [4.69, 9.17) is 25.1 Å². The predicted molar refractivity (Wildman–Crippen MR) is 212 cm³/mol. The molecule has 2 aromatic carbocycles. The zero-order valence-corrected chi connectivity index (χ0v) is 35.0. The van der Waals surface area contributed by atoms with Crippen LogP contribution >= 0.6 is 31.9 Å². The molecule has 0 aliphatic carbocycles. The normalized spacial score (nSPS) is 12.0. The van der Waals surface area contributed by atoms with Crippen molar-refractivity contribution in [1.82, 2.24) is 9.03 Å². The SMILES string of the molecule is CC(C)C[C@H](OC(=O)Nc1ccc(Br)cc1)C(=O)CCCN.CC(C)C[C@H](OC(=O)Nc1ccc(Br)cc1)C(=O)CCCNS(=O)(=O)N(C)C.O=CO. The highest BCUT2D eigenvalue weighted by Crippen LogP contribution is 2.18. The van der Waals surface area contributed by atoms with Crippen molar-refractivity contribution in [3.05, 3.63) is 57.5 Å². The summed E-state index contributed by atoms with van der Waals surface area (Å²) in [4.78, 5) is 57.0. The lowest BCUT2D eigenvalue weighted by atomic mass is 10.0. The van der Waals surface area contributed by atoms with Crippen LogP contribution in [0.3, 0.4) is 0 Å². The standard InChI is InChI=1S/C18H28BrN3O5S.C16H23BrN2O3.CH2O2/c1-13(2)12-17(16(23)6-5-11-20-28(25,26)22(3)4)27-18(24)21-15-9-7-14(19)8-10-15;1-11(2)10-15(14(20)4-3-9-18)22-16(21)19-13-7-5-12(17)6-8-13;2-1-3/h7-10,13,17,20H,5-6,11-12H2,1-4H3,(H,21,24);5-8,11,15H,3-4,9-10,18H2,1-2H3,(H,19,21);1H,(H,2,3)/t17-;15-;/m00./s1. The Morgan fingerprint density at radius 3 is 1.45 bits per heavy atom. The molecule has 0 fully saturated rings. The lowest BCUT2D eigenvalue weighted by Crippen LogP contribution is -2.36. The van der Waals surface area contributed by atoms with Gasteiger partial charge in [0.2, 0.25) is 0 Å². The van der Waals surface area contributed by atoms with E-state index in [9.17, 15) is 27.6 Å². The fraction of sp³-hybridized carbons (Fsp3) is 0.514. The van der Waals surface area contributed by atoms with Gasteiger partial charge in [-0.25, -0.2) is 14.3 Å². The highest BCUT2D eigenvalue weighted by atomic mass is 79.9. The number of halogens is 2. The number of benzene rings is 2. The molecule has 18 heteroatoms. The summed E-state index contributed by atoms with van der Waals surface area (Å²) in [5.74, 6) is 0.0998. The van der Waals surface area contributed by atoms with Gasteiger partial charge in [-0.1, -0.05) is 59.6 Å². The van der Waals surface area contributed by atoms with E-state index in [1.807, 2.05) is 39.8 Å². The third-order valence-corrected chi connectivity index (χ3v) is 9.35. The molecule has 6 N–H and O–H groups in total. The highest BCUT2D eigenvalue weighted by molar-refractivity contribution is 9.10. The maximum Gasteiger partial charge on any atom is 0.412 e. The molecular formula is C35H53Br2N5O10S. The number of Topliss-reactive ketones (excluding diaryl/α,β-unsaturated/α-hetero) is 2. The highest BCUT2D eigenvalue weighted by Gasteiger charge is 2.25. The molecule has 0 spiro atoms. The molecule has 0 radical (unpaired) electrons. The van der Waals surface area contributed by atoms with Gasteiger partial charge in [0.05, 0.1) is 0 Å². The molecule has 2 aromatic rings. The number of carbonyl (C=O) groups is 5. The Morgan fingerprint density at radius 2 is 1.13 bits per heavy atom. The van der Waals surface area contributed by atoms with Crippen LogP contribution in [-0.2, 0) is 34.1 Å². The lowest BCUT2D eigenvalue weighted by molar-refractivity contribution is -0.128. The lowest BCUT2D eigenvalue weighted by Gasteiger charge is -2.19. The predicted octanol–water partition coefficient (Wildman–Crippen LogP) is 6.58. The van der Waals surface area contributed by atoms with Gasteiger partial charge in [-0.2, -0.15) is 12.7 Å². The quantitative estimate of drug-likeness (QED) is 0.0749. The van der Waals surface area contributed by atoms with Crippen LogP contribution in [0.4, 0.5) is 21.0 Å². The second kappa shape index (κ2) is 27.2. The Bertz CT molecular complexity index is 1510. The van der Waals surface area contributed by atoms with Gasteiger partial charge in [0.1, 0.15) is 0 Å². The number of ketones is 2. The van der Waals surface area contributed by atoms with E-state index in [0.29, 0.717) is 50.0 Å². The van der Waals surface area contributed by atoms with Gasteiger partial charge in [-0.05, 0) is 92.6 Å². The van der Waals surface area contributed by atoms with Crippen LogP contribution in [0.15, 0.2) is 57.5 Å². The average molecular weight is 896 g/mol. The maximum absolute atomic E-state index is 12.5. The van der Waals surface area contributed by atoms with Gasteiger partial charge in [-0.3, -0.25) is 25.0 Å². The van der Waals surface area contributed by atoms with Crippen molar-refractivity contribution < 1.29 is 47.0 Å². The Labute approximate surface area is 329 Å². The van der Waals surface area contributed by atoms with E-state index in [-0.39, 0.29) is 42.8 Å². The molecule has 0 unspecified atom stereocenters. The summed E-state index contributed by atoms with van der Waals surface area (Å²) in [5.41, 5.74) is 6.59. The Morgan fingerprint density at radius 1 is 0.774 bits per heavy atom. The third-order valence-electron chi connectivity index (χ3n) is 6.76. The molecule has 0 saturated heterocycles. The van der Waals surface area contributed by atoms with Crippen molar-refractivity contribution in [2.75, 3.05) is 37.8 Å². The molecule has 15 nitrogen and oxygen atoms in total. The number of nitrogens with two attached hydrogens (primary N) is 1. The molecule has 2 rings (SSSR count). The maximum atomic E-state index is 12.5. The summed E-state index contributed by atoms with van der Waals surface area (Å²) in [7, 11) is -0.677. The fourth-order valence-electron chi connectivity index (χ4n) is 4.16. The van der Waals surface area contributed by atoms with Crippen LogP contribution in [0.25, 0.3) is 0 Å². The molecule has 0 aromatic heterocycles. The zero-order valence-electron chi connectivity index (χ0n) is 31.0.